The molecular weight excluding hydrogens is 246 g/mol. The van der Waals surface area contributed by atoms with Crippen LogP contribution in [0.1, 0.15) is 31.7 Å². The number of para-hydroxylation sites is 1. The van der Waals surface area contributed by atoms with Gasteiger partial charge in [0.2, 0.25) is 0 Å². The van der Waals surface area contributed by atoms with Gasteiger partial charge >= 0.3 is 11.9 Å². The van der Waals surface area contributed by atoms with Crippen LogP contribution in [0, 0.1) is 0 Å². The summed E-state index contributed by atoms with van der Waals surface area (Å²) in [5, 5.41) is 17.7. The summed E-state index contributed by atoms with van der Waals surface area (Å²) < 4.78 is 0. The van der Waals surface area contributed by atoms with E-state index in [0.29, 0.717) is 0 Å². The first-order valence-corrected chi connectivity index (χ1v) is 6.19. The third-order valence-corrected chi connectivity index (χ3v) is 2.82. The van der Waals surface area contributed by atoms with Crippen LogP contribution >= 0.6 is 0 Å². The van der Waals surface area contributed by atoms with Crippen molar-refractivity contribution in [1.29, 1.82) is 0 Å². The van der Waals surface area contributed by atoms with Gasteiger partial charge in [-0.3, -0.25) is 9.59 Å². The highest BCUT2D eigenvalue weighted by molar-refractivity contribution is 5.75. The molecule has 1 aromatic rings. The molecule has 0 fully saturated rings. The first-order chi connectivity index (χ1) is 8.91. The Balaban J connectivity index is 3.02. The summed E-state index contributed by atoms with van der Waals surface area (Å²) in [5.41, 5.74) is 1.82. The molecule has 0 aliphatic rings. The molecule has 0 aromatic heterocycles. The largest absolute Gasteiger partial charge is 0.481 e. The molecule has 0 heterocycles. The zero-order chi connectivity index (χ0) is 14.4. The van der Waals surface area contributed by atoms with Crippen LogP contribution in [-0.2, 0) is 9.59 Å². The SMILES string of the molecule is CC(C)c1ccccc1N(CCC(=O)O)CC(=O)O. The van der Waals surface area contributed by atoms with E-state index in [0.717, 1.165) is 11.3 Å². The number of hydrogen-bond acceptors (Lipinski definition) is 3. The second-order valence-corrected chi connectivity index (χ2v) is 4.67. The molecule has 0 saturated heterocycles. The maximum atomic E-state index is 10.9. The van der Waals surface area contributed by atoms with Gasteiger partial charge in [-0.25, -0.2) is 0 Å². The van der Waals surface area contributed by atoms with Crippen molar-refractivity contribution in [2.75, 3.05) is 18.0 Å². The van der Waals surface area contributed by atoms with Crippen LogP contribution < -0.4 is 4.90 Å². The summed E-state index contributed by atoms with van der Waals surface area (Å²) in [6, 6.07) is 7.50. The number of carboxylic acid groups (broad SMARTS) is 2. The predicted octanol–water partition coefficient (Wildman–Crippen LogP) is 2.18. The number of anilines is 1. The molecule has 19 heavy (non-hydrogen) atoms. The number of nitrogens with zero attached hydrogens (tertiary/aromatic N) is 1. The van der Waals surface area contributed by atoms with E-state index in [1.807, 2.05) is 38.1 Å². The molecule has 0 amide bonds. The van der Waals surface area contributed by atoms with Crippen LogP contribution in [-0.4, -0.2) is 35.2 Å². The Morgan fingerprint density at radius 1 is 1.16 bits per heavy atom. The molecule has 0 aliphatic heterocycles. The highest BCUT2D eigenvalue weighted by Gasteiger charge is 2.16. The summed E-state index contributed by atoms with van der Waals surface area (Å²) in [5.74, 6) is -1.65. The zero-order valence-electron chi connectivity index (χ0n) is 11.2. The van der Waals surface area contributed by atoms with Crippen LogP contribution in [0.5, 0.6) is 0 Å². The minimum atomic E-state index is -0.969. The van der Waals surface area contributed by atoms with Crippen LogP contribution in [0.3, 0.4) is 0 Å². The predicted molar refractivity (Wildman–Crippen MR) is 72.6 cm³/mol. The molecule has 104 valence electrons. The van der Waals surface area contributed by atoms with Crippen LogP contribution in [0.2, 0.25) is 0 Å². The fourth-order valence-corrected chi connectivity index (χ4v) is 1.94. The molecule has 2 N–H and O–H groups in total. The topological polar surface area (TPSA) is 77.8 Å². The zero-order valence-corrected chi connectivity index (χ0v) is 11.2. The van der Waals surface area contributed by atoms with E-state index >= 15 is 0 Å². The van der Waals surface area contributed by atoms with Gasteiger partial charge in [0, 0.05) is 12.2 Å². The van der Waals surface area contributed by atoms with Crippen molar-refractivity contribution in [3.63, 3.8) is 0 Å². The second kappa shape index (κ2) is 6.78. The standard InChI is InChI=1S/C14H19NO4/c1-10(2)11-5-3-4-6-12(11)15(9-14(18)19)8-7-13(16)17/h3-6,10H,7-9H2,1-2H3,(H,16,17)(H,18,19). The van der Waals surface area contributed by atoms with E-state index in [1.54, 1.807) is 4.90 Å². The molecule has 5 heteroatoms. The molecular formula is C14H19NO4. The Morgan fingerprint density at radius 2 is 1.79 bits per heavy atom. The van der Waals surface area contributed by atoms with Crippen LogP contribution in [0.4, 0.5) is 5.69 Å². The molecule has 1 aromatic carbocycles. The van der Waals surface area contributed by atoms with Gasteiger partial charge in [-0.05, 0) is 17.5 Å². The van der Waals surface area contributed by atoms with Crippen molar-refractivity contribution < 1.29 is 19.8 Å². The lowest BCUT2D eigenvalue weighted by Gasteiger charge is -2.26. The van der Waals surface area contributed by atoms with E-state index in [2.05, 4.69) is 0 Å². The van der Waals surface area contributed by atoms with Crippen molar-refractivity contribution >= 4 is 17.6 Å². The minimum Gasteiger partial charge on any atom is -0.481 e. The average Bonchev–Trinajstić information content (AvgIpc) is 2.33. The first kappa shape index (κ1) is 15.0. The molecule has 0 bridgehead atoms. The smallest absolute Gasteiger partial charge is 0.323 e. The number of carboxylic acids is 2. The van der Waals surface area contributed by atoms with Gasteiger partial charge in [-0.1, -0.05) is 32.0 Å². The molecule has 5 nitrogen and oxygen atoms in total. The van der Waals surface area contributed by atoms with Crippen molar-refractivity contribution in [2.24, 2.45) is 0 Å². The third-order valence-electron chi connectivity index (χ3n) is 2.82. The molecule has 0 radical (unpaired) electrons. The Labute approximate surface area is 112 Å². The summed E-state index contributed by atoms with van der Waals surface area (Å²) in [6.45, 7) is 4.03. The minimum absolute atomic E-state index is 0.0836. The van der Waals surface area contributed by atoms with Crippen molar-refractivity contribution in [1.82, 2.24) is 0 Å². The summed E-state index contributed by atoms with van der Waals surface area (Å²) in [4.78, 5) is 23.2. The number of hydrogen-bond donors (Lipinski definition) is 2. The van der Waals surface area contributed by atoms with Crippen molar-refractivity contribution in [3.8, 4) is 0 Å². The average molecular weight is 265 g/mol. The van der Waals surface area contributed by atoms with E-state index < -0.39 is 11.9 Å². The van der Waals surface area contributed by atoms with Crippen molar-refractivity contribution in [2.45, 2.75) is 26.2 Å². The number of benzene rings is 1. The lowest BCUT2D eigenvalue weighted by molar-refractivity contribution is -0.138. The van der Waals surface area contributed by atoms with Crippen molar-refractivity contribution in [3.05, 3.63) is 29.8 Å². The fourth-order valence-electron chi connectivity index (χ4n) is 1.94. The lowest BCUT2D eigenvalue weighted by atomic mass is 10.0. The van der Waals surface area contributed by atoms with Crippen LogP contribution in [0.15, 0.2) is 24.3 Å². The van der Waals surface area contributed by atoms with Gasteiger partial charge in [-0.2, -0.15) is 0 Å². The number of rotatable bonds is 7. The number of carbonyl (C=O) groups is 2. The quantitative estimate of drug-likeness (QED) is 0.790. The summed E-state index contributed by atoms with van der Waals surface area (Å²) in [6.07, 6.45) is -0.0836. The lowest BCUT2D eigenvalue weighted by Crippen LogP contribution is -2.32. The Bertz CT molecular complexity index is 457. The third kappa shape index (κ3) is 4.62. The van der Waals surface area contributed by atoms with E-state index in [9.17, 15) is 9.59 Å². The monoisotopic (exact) mass is 265 g/mol. The van der Waals surface area contributed by atoms with E-state index in [1.165, 1.54) is 0 Å². The Kier molecular flexibility index (Phi) is 5.36. The number of aliphatic carboxylic acids is 2. The maximum Gasteiger partial charge on any atom is 0.323 e. The van der Waals surface area contributed by atoms with Gasteiger partial charge in [-0.15, -0.1) is 0 Å². The fraction of sp³-hybridized carbons (Fsp3) is 0.429. The molecule has 0 unspecified atom stereocenters. The highest BCUT2D eigenvalue weighted by Crippen LogP contribution is 2.27. The molecule has 0 spiro atoms. The Hall–Kier alpha value is -2.04. The maximum absolute atomic E-state index is 10.9. The normalized spacial score (nSPS) is 10.5. The van der Waals surface area contributed by atoms with Gasteiger partial charge in [0.1, 0.15) is 6.54 Å². The van der Waals surface area contributed by atoms with Gasteiger partial charge < -0.3 is 15.1 Å². The Morgan fingerprint density at radius 3 is 2.32 bits per heavy atom. The molecule has 0 atom stereocenters. The van der Waals surface area contributed by atoms with Gasteiger partial charge in [0.15, 0.2) is 0 Å². The first-order valence-electron chi connectivity index (χ1n) is 6.19. The van der Waals surface area contributed by atoms with Crippen LogP contribution in [0.25, 0.3) is 0 Å². The van der Waals surface area contributed by atoms with Gasteiger partial charge in [0.25, 0.3) is 0 Å². The molecule has 0 aliphatic carbocycles. The second-order valence-electron chi connectivity index (χ2n) is 4.67. The molecule has 1 rings (SSSR count). The van der Waals surface area contributed by atoms with E-state index in [-0.39, 0.29) is 25.4 Å². The summed E-state index contributed by atoms with van der Waals surface area (Å²) >= 11 is 0. The molecule has 0 saturated carbocycles. The summed E-state index contributed by atoms with van der Waals surface area (Å²) in [7, 11) is 0. The van der Waals surface area contributed by atoms with Gasteiger partial charge in [0.05, 0.1) is 6.42 Å². The highest BCUT2D eigenvalue weighted by atomic mass is 16.4. The van der Waals surface area contributed by atoms with E-state index in [4.69, 9.17) is 10.2 Å².